The predicted molar refractivity (Wildman–Crippen MR) is 106 cm³/mol. The van der Waals surface area contributed by atoms with Crippen LogP contribution in [0.3, 0.4) is 0 Å². The summed E-state index contributed by atoms with van der Waals surface area (Å²) in [6.45, 7) is 7.36. The average Bonchev–Trinajstić information content (AvgIpc) is 3.09. The van der Waals surface area contributed by atoms with E-state index in [1.807, 2.05) is 30.0 Å². The smallest absolute Gasteiger partial charge is 0.234 e. The van der Waals surface area contributed by atoms with E-state index in [0.717, 1.165) is 25.3 Å². The van der Waals surface area contributed by atoms with E-state index in [9.17, 15) is 4.79 Å². The maximum atomic E-state index is 12.2. The molecular formula is C17H22N6OS2. The van der Waals surface area contributed by atoms with Crippen molar-refractivity contribution in [3.8, 4) is 0 Å². The number of nitrogens with one attached hydrogen (secondary N) is 1. The van der Waals surface area contributed by atoms with Crippen LogP contribution in [-0.4, -0.2) is 61.4 Å². The summed E-state index contributed by atoms with van der Waals surface area (Å²) in [5.41, 5.74) is 2.04. The summed E-state index contributed by atoms with van der Waals surface area (Å²) in [6, 6.07) is 8.06. The lowest BCUT2D eigenvalue weighted by atomic mass is 10.2. The van der Waals surface area contributed by atoms with Gasteiger partial charge in [0.1, 0.15) is 0 Å². The van der Waals surface area contributed by atoms with E-state index >= 15 is 0 Å². The van der Waals surface area contributed by atoms with E-state index < -0.39 is 0 Å². The molecule has 0 spiro atoms. The van der Waals surface area contributed by atoms with Gasteiger partial charge in [-0.05, 0) is 28.1 Å². The summed E-state index contributed by atoms with van der Waals surface area (Å²) in [4.78, 5) is 14.7. The summed E-state index contributed by atoms with van der Waals surface area (Å²) in [5.74, 6) is 2.57. The van der Waals surface area contributed by atoms with Crippen LogP contribution in [0.2, 0.25) is 0 Å². The van der Waals surface area contributed by atoms with E-state index in [2.05, 4.69) is 38.4 Å². The van der Waals surface area contributed by atoms with Crippen LogP contribution in [0, 0.1) is 0 Å². The largest absolute Gasteiger partial charge is 0.325 e. The van der Waals surface area contributed by atoms with Gasteiger partial charge in [-0.25, -0.2) is 4.68 Å². The van der Waals surface area contributed by atoms with Crippen LogP contribution < -0.4 is 5.32 Å². The predicted octanol–water partition coefficient (Wildman–Crippen LogP) is 2.14. The number of anilines is 1. The number of hydrogen-bond acceptors (Lipinski definition) is 7. The van der Waals surface area contributed by atoms with Gasteiger partial charge in [0.25, 0.3) is 0 Å². The first kappa shape index (κ1) is 18.9. The highest BCUT2D eigenvalue weighted by Gasteiger charge is 2.12. The molecule has 138 valence electrons. The molecule has 9 heteroatoms. The maximum absolute atomic E-state index is 12.2. The standard InChI is InChI=1S/C17H22N6OS2/c1-2-6-23-17(19-20-21-23)26-13-16(24)18-15-5-3-4-14(11-15)12-22-7-9-25-10-8-22/h2-5,11H,1,6-10,12-13H2,(H,18,24). The third-order valence-corrected chi connectivity index (χ3v) is 5.75. The number of hydrogen-bond donors (Lipinski definition) is 1. The minimum absolute atomic E-state index is 0.0744. The van der Waals surface area contributed by atoms with Gasteiger partial charge in [-0.15, -0.1) is 11.7 Å². The van der Waals surface area contributed by atoms with Crippen LogP contribution in [0.15, 0.2) is 42.1 Å². The van der Waals surface area contributed by atoms with Crippen molar-refractivity contribution in [2.45, 2.75) is 18.2 Å². The van der Waals surface area contributed by atoms with Crippen molar-refractivity contribution in [1.82, 2.24) is 25.1 Å². The Balaban J connectivity index is 1.51. The molecule has 0 bridgehead atoms. The van der Waals surface area contributed by atoms with Gasteiger partial charge in [0.15, 0.2) is 0 Å². The van der Waals surface area contributed by atoms with E-state index in [1.54, 1.807) is 10.8 Å². The lowest BCUT2D eigenvalue weighted by Crippen LogP contribution is -2.31. The monoisotopic (exact) mass is 390 g/mol. The van der Waals surface area contributed by atoms with Gasteiger partial charge >= 0.3 is 0 Å². The Labute approximate surface area is 161 Å². The zero-order chi connectivity index (χ0) is 18.2. The average molecular weight is 391 g/mol. The van der Waals surface area contributed by atoms with Crippen LogP contribution in [-0.2, 0) is 17.9 Å². The van der Waals surface area contributed by atoms with Crippen LogP contribution in [0.1, 0.15) is 5.56 Å². The van der Waals surface area contributed by atoms with Crippen molar-refractivity contribution in [2.75, 3.05) is 35.7 Å². The van der Waals surface area contributed by atoms with Crippen molar-refractivity contribution in [2.24, 2.45) is 0 Å². The molecule has 7 nitrogen and oxygen atoms in total. The maximum Gasteiger partial charge on any atom is 0.234 e. The third kappa shape index (κ3) is 5.58. The Bertz CT molecular complexity index is 744. The van der Waals surface area contributed by atoms with Crippen LogP contribution in [0.25, 0.3) is 0 Å². The van der Waals surface area contributed by atoms with Crippen molar-refractivity contribution in [3.63, 3.8) is 0 Å². The number of thioether (sulfide) groups is 2. The Hall–Kier alpha value is -1.84. The molecule has 0 atom stereocenters. The second kappa shape index (κ2) is 9.75. The molecule has 3 rings (SSSR count). The number of carbonyl (C=O) groups excluding carboxylic acids is 1. The Morgan fingerprint density at radius 2 is 2.23 bits per heavy atom. The first-order valence-corrected chi connectivity index (χ1v) is 10.6. The van der Waals surface area contributed by atoms with Gasteiger partial charge in [0, 0.05) is 36.8 Å². The molecule has 1 fully saturated rings. The van der Waals surface area contributed by atoms with Gasteiger partial charge in [-0.2, -0.15) is 11.8 Å². The number of tetrazole rings is 1. The van der Waals surface area contributed by atoms with Gasteiger partial charge in [-0.1, -0.05) is 30.0 Å². The first-order chi connectivity index (χ1) is 12.7. The summed E-state index contributed by atoms with van der Waals surface area (Å²) in [6.07, 6.45) is 1.72. The number of amides is 1. The fourth-order valence-electron chi connectivity index (χ4n) is 2.63. The Morgan fingerprint density at radius 3 is 3.04 bits per heavy atom. The van der Waals surface area contributed by atoms with Gasteiger partial charge in [-0.3, -0.25) is 9.69 Å². The molecule has 0 saturated carbocycles. The lowest BCUT2D eigenvalue weighted by molar-refractivity contribution is -0.113. The number of rotatable bonds is 8. The Kier molecular flexibility index (Phi) is 7.10. The summed E-state index contributed by atoms with van der Waals surface area (Å²) < 4.78 is 1.61. The second-order valence-electron chi connectivity index (χ2n) is 5.86. The molecule has 1 amide bonds. The van der Waals surface area contributed by atoms with E-state index in [4.69, 9.17) is 0 Å². The summed E-state index contributed by atoms with van der Waals surface area (Å²) in [5, 5.41) is 15.0. The molecular weight excluding hydrogens is 368 g/mol. The van der Waals surface area contributed by atoms with Crippen LogP contribution in [0.5, 0.6) is 0 Å². The van der Waals surface area contributed by atoms with Gasteiger partial charge < -0.3 is 5.32 Å². The normalized spacial score (nSPS) is 14.9. The molecule has 1 aliphatic rings. The topological polar surface area (TPSA) is 75.9 Å². The van der Waals surface area contributed by atoms with E-state index in [1.165, 1.54) is 28.8 Å². The zero-order valence-electron chi connectivity index (χ0n) is 14.5. The van der Waals surface area contributed by atoms with Crippen LogP contribution in [0.4, 0.5) is 5.69 Å². The van der Waals surface area contributed by atoms with E-state index in [-0.39, 0.29) is 11.7 Å². The third-order valence-electron chi connectivity index (χ3n) is 3.85. The summed E-state index contributed by atoms with van der Waals surface area (Å²) >= 11 is 3.32. The molecule has 2 aromatic rings. The Morgan fingerprint density at radius 1 is 1.38 bits per heavy atom. The van der Waals surface area contributed by atoms with Crippen molar-refractivity contribution >= 4 is 35.1 Å². The molecule has 0 aliphatic carbocycles. The molecule has 26 heavy (non-hydrogen) atoms. The quantitative estimate of drug-likeness (QED) is 0.547. The first-order valence-electron chi connectivity index (χ1n) is 8.43. The highest BCUT2D eigenvalue weighted by atomic mass is 32.2. The number of benzene rings is 1. The molecule has 1 N–H and O–H groups in total. The van der Waals surface area contributed by atoms with E-state index in [0.29, 0.717) is 11.7 Å². The zero-order valence-corrected chi connectivity index (χ0v) is 16.1. The molecule has 0 radical (unpaired) electrons. The number of carbonyl (C=O) groups is 1. The fraction of sp³-hybridized carbons (Fsp3) is 0.412. The molecule has 0 unspecified atom stereocenters. The highest BCUT2D eigenvalue weighted by Crippen LogP contribution is 2.17. The number of nitrogens with zero attached hydrogens (tertiary/aromatic N) is 5. The molecule has 2 heterocycles. The second-order valence-corrected chi connectivity index (χ2v) is 8.03. The lowest BCUT2D eigenvalue weighted by Gasteiger charge is -2.26. The number of allylic oxidation sites excluding steroid dienone is 1. The minimum atomic E-state index is -0.0744. The van der Waals surface area contributed by atoms with Crippen molar-refractivity contribution < 1.29 is 4.79 Å². The van der Waals surface area contributed by atoms with Crippen LogP contribution >= 0.6 is 23.5 Å². The molecule has 1 saturated heterocycles. The van der Waals surface area contributed by atoms with Crippen molar-refractivity contribution in [1.29, 1.82) is 0 Å². The highest BCUT2D eigenvalue weighted by molar-refractivity contribution is 7.99. The molecule has 1 aromatic carbocycles. The molecule has 1 aliphatic heterocycles. The van der Waals surface area contributed by atoms with Gasteiger partial charge in [0.2, 0.25) is 11.1 Å². The molecule has 1 aromatic heterocycles. The SMILES string of the molecule is C=CCn1nnnc1SCC(=O)Nc1cccc(CN2CCSCC2)c1. The minimum Gasteiger partial charge on any atom is -0.325 e. The van der Waals surface area contributed by atoms with Crippen molar-refractivity contribution in [3.05, 3.63) is 42.5 Å². The summed E-state index contributed by atoms with van der Waals surface area (Å²) in [7, 11) is 0. The fourth-order valence-corrected chi connectivity index (χ4v) is 4.29. The number of aromatic nitrogens is 4. The van der Waals surface area contributed by atoms with Gasteiger partial charge in [0.05, 0.1) is 12.3 Å².